The molecule has 68 valence electrons. The molecule has 3 heteroatoms. The summed E-state index contributed by atoms with van der Waals surface area (Å²) in [7, 11) is 2.17. The molecule has 12 heavy (non-hydrogen) atoms. The van der Waals surface area contributed by atoms with Crippen LogP contribution in [-0.2, 0) is 0 Å². The molecule has 1 heterocycles. The SMILES string of the molecule is CN1CCC(CCNCC#N)C1. The first-order chi connectivity index (χ1) is 5.83. The van der Waals surface area contributed by atoms with Gasteiger partial charge in [-0.1, -0.05) is 0 Å². The van der Waals surface area contributed by atoms with Crippen LogP contribution >= 0.6 is 0 Å². The zero-order valence-electron chi connectivity index (χ0n) is 7.71. The van der Waals surface area contributed by atoms with E-state index in [1.807, 2.05) is 0 Å². The first-order valence-electron chi connectivity index (χ1n) is 4.59. The van der Waals surface area contributed by atoms with Crippen molar-refractivity contribution in [3.05, 3.63) is 0 Å². The van der Waals surface area contributed by atoms with Crippen molar-refractivity contribution in [1.29, 1.82) is 5.26 Å². The minimum Gasteiger partial charge on any atom is -0.306 e. The van der Waals surface area contributed by atoms with E-state index in [0.717, 1.165) is 12.5 Å². The van der Waals surface area contributed by atoms with Crippen LogP contribution in [0.2, 0.25) is 0 Å². The Kier molecular flexibility index (Phi) is 4.06. The molecule has 1 saturated heterocycles. The van der Waals surface area contributed by atoms with Crippen LogP contribution in [0.1, 0.15) is 12.8 Å². The molecule has 0 aromatic rings. The second-order valence-corrected chi connectivity index (χ2v) is 3.54. The Bertz CT molecular complexity index is 162. The highest BCUT2D eigenvalue weighted by Gasteiger charge is 2.18. The smallest absolute Gasteiger partial charge is 0.0840 e. The molecule has 0 radical (unpaired) electrons. The molecule has 0 aromatic carbocycles. The van der Waals surface area contributed by atoms with Crippen molar-refractivity contribution in [2.45, 2.75) is 12.8 Å². The Morgan fingerprint density at radius 2 is 2.50 bits per heavy atom. The molecule has 0 saturated carbocycles. The van der Waals surface area contributed by atoms with Gasteiger partial charge in [0.25, 0.3) is 0 Å². The number of hydrogen-bond acceptors (Lipinski definition) is 3. The van der Waals surface area contributed by atoms with Crippen molar-refractivity contribution >= 4 is 0 Å². The van der Waals surface area contributed by atoms with Gasteiger partial charge in [0.15, 0.2) is 0 Å². The molecule has 1 aliphatic rings. The summed E-state index contributed by atoms with van der Waals surface area (Å²) in [6.45, 7) is 3.95. The Hall–Kier alpha value is -0.590. The summed E-state index contributed by atoms with van der Waals surface area (Å²) in [6, 6.07) is 2.08. The lowest BCUT2D eigenvalue weighted by Gasteiger charge is -2.09. The third-order valence-corrected chi connectivity index (χ3v) is 2.42. The largest absolute Gasteiger partial charge is 0.306 e. The molecular formula is C9H17N3. The average Bonchev–Trinajstić information content (AvgIpc) is 2.45. The van der Waals surface area contributed by atoms with Gasteiger partial charge < -0.3 is 10.2 Å². The predicted octanol–water partition coefficient (Wildman–Crippen LogP) is 0.441. The third-order valence-electron chi connectivity index (χ3n) is 2.42. The topological polar surface area (TPSA) is 39.1 Å². The average molecular weight is 167 g/mol. The van der Waals surface area contributed by atoms with E-state index in [0.29, 0.717) is 6.54 Å². The second kappa shape index (κ2) is 5.13. The van der Waals surface area contributed by atoms with Crippen LogP contribution in [0.15, 0.2) is 0 Å². The van der Waals surface area contributed by atoms with Crippen LogP contribution in [0.5, 0.6) is 0 Å². The number of nitriles is 1. The molecule has 3 nitrogen and oxygen atoms in total. The van der Waals surface area contributed by atoms with Crippen LogP contribution < -0.4 is 5.32 Å². The number of rotatable bonds is 4. The van der Waals surface area contributed by atoms with Crippen molar-refractivity contribution in [2.24, 2.45) is 5.92 Å². The molecule has 0 bridgehead atoms. The van der Waals surface area contributed by atoms with Crippen LogP contribution in [0.25, 0.3) is 0 Å². The van der Waals surface area contributed by atoms with Gasteiger partial charge in [-0.25, -0.2) is 0 Å². The van der Waals surface area contributed by atoms with E-state index in [2.05, 4.69) is 23.3 Å². The number of hydrogen-bond donors (Lipinski definition) is 1. The fourth-order valence-electron chi connectivity index (χ4n) is 1.71. The van der Waals surface area contributed by atoms with E-state index < -0.39 is 0 Å². The monoisotopic (exact) mass is 167 g/mol. The maximum atomic E-state index is 8.28. The van der Waals surface area contributed by atoms with Gasteiger partial charge in [0.05, 0.1) is 12.6 Å². The van der Waals surface area contributed by atoms with E-state index in [9.17, 15) is 0 Å². The Morgan fingerprint density at radius 1 is 1.67 bits per heavy atom. The Morgan fingerprint density at radius 3 is 3.08 bits per heavy atom. The summed E-state index contributed by atoms with van der Waals surface area (Å²) < 4.78 is 0. The molecule has 1 N–H and O–H groups in total. The van der Waals surface area contributed by atoms with Gasteiger partial charge in [0, 0.05) is 6.54 Å². The van der Waals surface area contributed by atoms with Gasteiger partial charge in [-0.3, -0.25) is 0 Å². The standard InChI is InChI=1S/C9H17N3/c1-12-7-3-9(8-12)2-5-11-6-4-10/h9,11H,2-3,5-8H2,1H3. The van der Waals surface area contributed by atoms with Crippen molar-refractivity contribution < 1.29 is 0 Å². The van der Waals surface area contributed by atoms with Gasteiger partial charge in [0.2, 0.25) is 0 Å². The van der Waals surface area contributed by atoms with Crippen LogP contribution in [0.4, 0.5) is 0 Å². The first-order valence-corrected chi connectivity index (χ1v) is 4.59. The number of likely N-dealkylation sites (tertiary alicyclic amines) is 1. The fourth-order valence-corrected chi connectivity index (χ4v) is 1.71. The highest BCUT2D eigenvalue weighted by Crippen LogP contribution is 2.16. The van der Waals surface area contributed by atoms with Crippen LogP contribution in [-0.4, -0.2) is 38.1 Å². The highest BCUT2D eigenvalue weighted by atomic mass is 15.1. The number of nitrogens with zero attached hydrogens (tertiary/aromatic N) is 2. The number of nitrogens with one attached hydrogen (secondary N) is 1. The van der Waals surface area contributed by atoms with Gasteiger partial charge >= 0.3 is 0 Å². The predicted molar refractivity (Wildman–Crippen MR) is 48.7 cm³/mol. The molecule has 0 amide bonds. The lowest BCUT2D eigenvalue weighted by molar-refractivity contribution is 0.386. The lowest BCUT2D eigenvalue weighted by atomic mass is 10.1. The van der Waals surface area contributed by atoms with Gasteiger partial charge in [-0.15, -0.1) is 0 Å². The zero-order chi connectivity index (χ0) is 8.81. The highest BCUT2D eigenvalue weighted by molar-refractivity contribution is 4.76. The summed E-state index contributed by atoms with van der Waals surface area (Å²) in [5.74, 6) is 0.848. The summed E-state index contributed by atoms with van der Waals surface area (Å²) in [6.07, 6.45) is 2.54. The molecule has 0 spiro atoms. The maximum Gasteiger partial charge on any atom is 0.0840 e. The van der Waals surface area contributed by atoms with Gasteiger partial charge in [-0.2, -0.15) is 5.26 Å². The van der Waals surface area contributed by atoms with E-state index in [1.54, 1.807) is 0 Å². The summed E-state index contributed by atoms with van der Waals surface area (Å²) >= 11 is 0. The molecule has 1 rings (SSSR count). The zero-order valence-corrected chi connectivity index (χ0v) is 7.71. The van der Waals surface area contributed by atoms with E-state index >= 15 is 0 Å². The molecule has 1 unspecified atom stereocenters. The normalized spacial score (nSPS) is 24.2. The molecule has 1 fully saturated rings. The van der Waals surface area contributed by atoms with Crippen molar-refractivity contribution in [3.63, 3.8) is 0 Å². The third kappa shape index (κ3) is 3.21. The molecule has 1 aliphatic heterocycles. The molecule has 0 aromatic heterocycles. The fraction of sp³-hybridized carbons (Fsp3) is 0.889. The van der Waals surface area contributed by atoms with E-state index in [4.69, 9.17) is 5.26 Å². The lowest BCUT2D eigenvalue weighted by Crippen LogP contribution is -2.20. The summed E-state index contributed by atoms with van der Waals surface area (Å²) in [4.78, 5) is 2.37. The second-order valence-electron chi connectivity index (χ2n) is 3.54. The first kappa shape index (κ1) is 9.50. The summed E-state index contributed by atoms with van der Waals surface area (Å²) in [5.41, 5.74) is 0. The Labute approximate surface area is 74.4 Å². The van der Waals surface area contributed by atoms with E-state index in [1.165, 1.54) is 25.9 Å². The molecule has 0 aliphatic carbocycles. The minimum absolute atomic E-state index is 0.489. The minimum atomic E-state index is 0.489. The van der Waals surface area contributed by atoms with Crippen molar-refractivity contribution in [1.82, 2.24) is 10.2 Å². The van der Waals surface area contributed by atoms with Crippen molar-refractivity contribution in [2.75, 3.05) is 33.2 Å². The van der Waals surface area contributed by atoms with Crippen LogP contribution in [0, 0.1) is 17.2 Å². The Balaban J connectivity index is 1.97. The molecular weight excluding hydrogens is 150 g/mol. The van der Waals surface area contributed by atoms with Crippen molar-refractivity contribution in [3.8, 4) is 6.07 Å². The van der Waals surface area contributed by atoms with Gasteiger partial charge in [0.1, 0.15) is 0 Å². The van der Waals surface area contributed by atoms with E-state index in [-0.39, 0.29) is 0 Å². The van der Waals surface area contributed by atoms with Crippen LogP contribution in [0.3, 0.4) is 0 Å². The van der Waals surface area contributed by atoms with Gasteiger partial charge in [-0.05, 0) is 38.9 Å². The quantitative estimate of drug-likeness (QED) is 0.488. The molecule has 1 atom stereocenters. The maximum absolute atomic E-state index is 8.28. The summed E-state index contributed by atoms with van der Waals surface area (Å²) in [5, 5.41) is 11.4.